The lowest BCUT2D eigenvalue weighted by Crippen LogP contribution is -2.10. The zero-order valence-corrected chi connectivity index (χ0v) is 17.5. The number of pyridine rings is 1. The molecule has 0 fully saturated rings. The summed E-state index contributed by atoms with van der Waals surface area (Å²) in [5, 5.41) is 10.3. The van der Waals surface area contributed by atoms with E-state index in [1.54, 1.807) is 0 Å². The van der Waals surface area contributed by atoms with Gasteiger partial charge in [0.25, 0.3) is 0 Å². The van der Waals surface area contributed by atoms with Crippen LogP contribution in [0.25, 0.3) is 22.0 Å². The first-order chi connectivity index (χ1) is 12.0. The summed E-state index contributed by atoms with van der Waals surface area (Å²) in [6, 6.07) is 16.4. The number of nitrogens with two attached hydrogens (primary N) is 1. The van der Waals surface area contributed by atoms with Crippen molar-refractivity contribution in [1.82, 2.24) is 4.98 Å². The number of rotatable bonds is 4. The molecule has 0 unspecified atom stereocenters. The third kappa shape index (κ3) is 4.78. The number of fused-ring (bicyclic) bond motifs is 1. The van der Waals surface area contributed by atoms with E-state index >= 15 is 0 Å². The fourth-order valence-corrected chi connectivity index (χ4v) is 3.25. The van der Waals surface area contributed by atoms with Gasteiger partial charge in [0.05, 0.1) is 17.1 Å². The van der Waals surface area contributed by atoms with Gasteiger partial charge in [0, 0.05) is 17.6 Å². The van der Waals surface area contributed by atoms with Gasteiger partial charge >= 0.3 is 0 Å². The van der Waals surface area contributed by atoms with E-state index in [4.69, 9.17) is 10.7 Å². The molecule has 3 rings (SSSR count). The molecule has 5 heteroatoms. The largest absolute Gasteiger partial charge is 0.326 e. The Morgan fingerprint density at radius 2 is 1.74 bits per heavy atom. The number of halogens is 2. The highest BCUT2D eigenvalue weighted by Gasteiger charge is 2.17. The first kappa shape index (κ1) is 22.9. The predicted molar refractivity (Wildman–Crippen MR) is 118 cm³/mol. The van der Waals surface area contributed by atoms with Crippen molar-refractivity contribution in [2.75, 3.05) is 0 Å². The van der Waals surface area contributed by atoms with Crippen molar-refractivity contribution in [3.8, 4) is 17.2 Å². The molecule has 3 nitrogen and oxygen atoms in total. The normalized spacial score (nSPS) is 10.2. The summed E-state index contributed by atoms with van der Waals surface area (Å²) in [6.45, 7) is 6.90. The Morgan fingerprint density at radius 1 is 1.07 bits per heavy atom. The maximum Gasteiger partial charge on any atom is 0.0991 e. The number of hydrogen-bond donors (Lipinski definition) is 1. The first-order valence-electron chi connectivity index (χ1n) is 8.66. The average molecular weight is 402 g/mol. The molecule has 1 aromatic heterocycles. The SMILES string of the molecule is Cc1ccc(-c2c(CN)c(CC(C)C)nc3ccc(C#N)cc23)cc1.Cl.Cl. The molecule has 0 atom stereocenters. The molecule has 1 heterocycles. The lowest BCUT2D eigenvalue weighted by atomic mass is 9.90. The Balaban J connectivity index is 0.00000182. The minimum Gasteiger partial charge on any atom is -0.326 e. The second-order valence-corrected chi connectivity index (χ2v) is 6.92. The van der Waals surface area contributed by atoms with Crippen LogP contribution in [0.3, 0.4) is 0 Å². The Morgan fingerprint density at radius 3 is 2.30 bits per heavy atom. The van der Waals surface area contributed by atoms with Crippen molar-refractivity contribution in [2.24, 2.45) is 11.7 Å². The minimum absolute atomic E-state index is 0. The number of nitrogens with zero attached hydrogens (tertiary/aromatic N) is 2. The molecule has 0 aliphatic rings. The Labute approximate surface area is 173 Å². The first-order valence-corrected chi connectivity index (χ1v) is 8.66. The van der Waals surface area contributed by atoms with E-state index in [1.807, 2.05) is 18.2 Å². The van der Waals surface area contributed by atoms with Crippen LogP contribution in [0.4, 0.5) is 0 Å². The molecule has 0 aliphatic heterocycles. The third-order valence-corrected chi connectivity index (χ3v) is 4.45. The molecule has 27 heavy (non-hydrogen) atoms. The number of hydrogen-bond acceptors (Lipinski definition) is 3. The van der Waals surface area contributed by atoms with Crippen molar-refractivity contribution in [2.45, 2.75) is 33.7 Å². The van der Waals surface area contributed by atoms with Crippen molar-refractivity contribution < 1.29 is 0 Å². The third-order valence-electron chi connectivity index (χ3n) is 4.45. The van der Waals surface area contributed by atoms with E-state index in [-0.39, 0.29) is 24.8 Å². The highest BCUT2D eigenvalue weighted by molar-refractivity contribution is 5.97. The molecule has 0 amide bonds. The van der Waals surface area contributed by atoms with Crippen molar-refractivity contribution in [3.05, 3.63) is 64.8 Å². The molecular formula is C22H25Cl2N3. The topological polar surface area (TPSA) is 62.7 Å². The number of aromatic nitrogens is 1. The van der Waals surface area contributed by atoms with E-state index in [9.17, 15) is 5.26 Å². The van der Waals surface area contributed by atoms with Gasteiger partial charge in [-0.1, -0.05) is 43.7 Å². The van der Waals surface area contributed by atoms with Crippen molar-refractivity contribution in [3.63, 3.8) is 0 Å². The molecule has 0 spiro atoms. The van der Waals surface area contributed by atoms with Crippen LogP contribution in [0, 0.1) is 24.2 Å². The predicted octanol–water partition coefficient (Wildman–Crippen LogP) is 5.58. The van der Waals surface area contributed by atoms with E-state index < -0.39 is 0 Å². The van der Waals surface area contributed by atoms with Gasteiger partial charge in [-0.3, -0.25) is 4.98 Å². The molecule has 0 saturated carbocycles. The summed E-state index contributed by atoms with van der Waals surface area (Å²) in [4.78, 5) is 4.88. The van der Waals surface area contributed by atoms with Crippen LogP contribution in [0.1, 0.15) is 36.2 Å². The van der Waals surface area contributed by atoms with Gasteiger partial charge in [-0.05, 0) is 54.2 Å². The van der Waals surface area contributed by atoms with Gasteiger partial charge in [-0.15, -0.1) is 24.8 Å². The van der Waals surface area contributed by atoms with Crippen LogP contribution in [0.5, 0.6) is 0 Å². The van der Waals surface area contributed by atoms with Gasteiger partial charge in [-0.25, -0.2) is 0 Å². The summed E-state index contributed by atoms with van der Waals surface area (Å²) < 4.78 is 0. The smallest absolute Gasteiger partial charge is 0.0991 e. The molecule has 0 saturated heterocycles. The maximum absolute atomic E-state index is 9.30. The molecule has 142 valence electrons. The highest BCUT2D eigenvalue weighted by Crippen LogP contribution is 2.34. The van der Waals surface area contributed by atoms with Gasteiger partial charge in [0.2, 0.25) is 0 Å². The van der Waals surface area contributed by atoms with Crippen molar-refractivity contribution in [1.29, 1.82) is 5.26 Å². The Kier molecular flexibility index (Phi) is 8.24. The summed E-state index contributed by atoms with van der Waals surface area (Å²) >= 11 is 0. The summed E-state index contributed by atoms with van der Waals surface area (Å²) in [7, 11) is 0. The Bertz CT molecular complexity index is 958. The second kappa shape index (κ2) is 9.71. The zero-order chi connectivity index (χ0) is 18.0. The van der Waals surface area contributed by atoms with Gasteiger partial charge < -0.3 is 5.73 Å². The summed E-state index contributed by atoms with van der Waals surface area (Å²) in [6.07, 6.45) is 0.890. The minimum atomic E-state index is 0. The molecule has 2 N–H and O–H groups in total. The Hall–Kier alpha value is -2.12. The van der Waals surface area contributed by atoms with Crippen LogP contribution in [0.2, 0.25) is 0 Å². The maximum atomic E-state index is 9.30. The van der Waals surface area contributed by atoms with Crippen LogP contribution < -0.4 is 5.73 Å². The number of aryl methyl sites for hydroxylation is 1. The van der Waals surface area contributed by atoms with Gasteiger partial charge in [0.1, 0.15) is 0 Å². The number of benzene rings is 2. The van der Waals surface area contributed by atoms with Crippen LogP contribution >= 0.6 is 24.8 Å². The summed E-state index contributed by atoms with van der Waals surface area (Å²) in [5.41, 5.74) is 13.3. The molecular weight excluding hydrogens is 377 g/mol. The number of nitriles is 1. The molecule has 0 bridgehead atoms. The second-order valence-electron chi connectivity index (χ2n) is 6.92. The highest BCUT2D eigenvalue weighted by atomic mass is 35.5. The van der Waals surface area contributed by atoms with Crippen LogP contribution in [-0.4, -0.2) is 4.98 Å². The van der Waals surface area contributed by atoms with Crippen LogP contribution in [0.15, 0.2) is 42.5 Å². The van der Waals surface area contributed by atoms with Gasteiger partial charge in [-0.2, -0.15) is 5.26 Å². The molecule has 0 aliphatic carbocycles. The standard InChI is InChI=1S/C22H23N3.2ClH/c1-14(2)10-21-19(13-24)22(17-7-4-15(3)5-8-17)18-11-16(12-23)6-9-20(18)25-21;;/h4-9,11,14H,10,13,24H2,1-3H3;2*1H. The molecule has 2 aromatic carbocycles. The average Bonchev–Trinajstić information content (AvgIpc) is 2.60. The molecule has 3 aromatic rings. The monoisotopic (exact) mass is 401 g/mol. The van der Waals surface area contributed by atoms with E-state index in [0.717, 1.165) is 39.7 Å². The lowest BCUT2D eigenvalue weighted by Gasteiger charge is -2.18. The lowest BCUT2D eigenvalue weighted by molar-refractivity contribution is 0.632. The van der Waals surface area contributed by atoms with E-state index in [2.05, 4.69) is 51.1 Å². The fourth-order valence-electron chi connectivity index (χ4n) is 3.25. The van der Waals surface area contributed by atoms with E-state index in [1.165, 1.54) is 5.56 Å². The zero-order valence-electron chi connectivity index (χ0n) is 15.8. The quantitative estimate of drug-likeness (QED) is 0.619. The van der Waals surface area contributed by atoms with E-state index in [0.29, 0.717) is 18.0 Å². The van der Waals surface area contributed by atoms with Crippen LogP contribution in [-0.2, 0) is 13.0 Å². The fraction of sp³-hybridized carbons (Fsp3) is 0.273. The summed E-state index contributed by atoms with van der Waals surface area (Å²) in [5.74, 6) is 0.500. The van der Waals surface area contributed by atoms with Crippen molar-refractivity contribution >= 4 is 35.7 Å². The molecule has 0 radical (unpaired) electrons. The van der Waals surface area contributed by atoms with Gasteiger partial charge in [0.15, 0.2) is 0 Å².